The van der Waals surface area contributed by atoms with Crippen molar-refractivity contribution >= 4 is 17.6 Å². The van der Waals surface area contributed by atoms with Gasteiger partial charge in [-0.3, -0.25) is 4.79 Å². The molecule has 0 aromatic heterocycles. The van der Waals surface area contributed by atoms with Crippen LogP contribution >= 0.6 is 0 Å². The molecule has 3 rings (SSSR count). The molecule has 0 saturated heterocycles. The van der Waals surface area contributed by atoms with E-state index in [0.29, 0.717) is 5.71 Å². The highest BCUT2D eigenvalue weighted by molar-refractivity contribution is 6.41. The summed E-state index contributed by atoms with van der Waals surface area (Å²) < 4.78 is 16.4. The van der Waals surface area contributed by atoms with Crippen LogP contribution in [-0.4, -0.2) is 52.1 Å². The van der Waals surface area contributed by atoms with Crippen molar-refractivity contribution in [3.63, 3.8) is 0 Å². The van der Waals surface area contributed by atoms with Gasteiger partial charge in [0, 0.05) is 11.8 Å². The minimum Gasteiger partial charge on any atom is -0.496 e. The number of rotatable bonds is 12. The Morgan fingerprint density at radius 3 is 2.08 bits per heavy atom. The highest BCUT2D eigenvalue weighted by Crippen LogP contribution is 2.40. The van der Waals surface area contributed by atoms with Crippen LogP contribution in [0.5, 0.6) is 11.5 Å². The monoisotopic (exact) mass is 538 g/mol. The summed E-state index contributed by atoms with van der Waals surface area (Å²) in [4.78, 5) is 31.1. The highest BCUT2D eigenvalue weighted by atomic mass is 16.6. The number of amides is 1. The van der Waals surface area contributed by atoms with Gasteiger partial charge in [-0.25, -0.2) is 4.79 Å². The standard InChI is InChI=1S/C31H42N2O6/c1-7-11-22-19-25(36-3)27(26(20-22)37-4)23-14-12-21(13-15-23)18-24(30(35)38-5)32-29(34)28(33-39-6)31(2)16-9-8-10-17-31/h12-15,19-20,24H,7-11,16-18H2,1-6H3,(H,32,34)/t24-/m0/s1. The molecule has 39 heavy (non-hydrogen) atoms. The number of methoxy groups -OCH3 is 3. The zero-order chi connectivity index (χ0) is 28.4. The number of nitrogens with zero attached hydrogens (tertiary/aromatic N) is 1. The first-order valence-corrected chi connectivity index (χ1v) is 13.6. The maximum atomic E-state index is 13.4. The smallest absolute Gasteiger partial charge is 0.328 e. The number of esters is 1. The van der Waals surface area contributed by atoms with Crippen LogP contribution in [-0.2, 0) is 32.0 Å². The van der Waals surface area contributed by atoms with Crippen molar-refractivity contribution in [2.75, 3.05) is 28.4 Å². The van der Waals surface area contributed by atoms with Crippen LogP contribution < -0.4 is 14.8 Å². The van der Waals surface area contributed by atoms with E-state index < -0.39 is 23.3 Å². The Morgan fingerprint density at radius 2 is 1.56 bits per heavy atom. The van der Waals surface area contributed by atoms with E-state index >= 15 is 0 Å². The average molecular weight is 539 g/mol. The van der Waals surface area contributed by atoms with Crippen molar-refractivity contribution in [2.45, 2.75) is 71.3 Å². The van der Waals surface area contributed by atoms with E-state index in [1.165, 1.54) is 14.2 Å². The fraction of sp³-hybridized carbons (Fsp3) is 0.516. The molecule has 0 spiro atoms. The molecule has 8 heteroatoms. The van der Waals surface area contributed by atoms with Crippen LogP contribution in [0.4, 0.5) is 0 Å². The number of nitrogens with one attached hydrogen (secondary N) is 1. The quantitative estimate of drug-likeness (QED) is 0.218. The SMILES string of the molecule is CCCc1cc(OC)c(-c2ccc(C[C@H](NC(=O)C(=NOC)C3(C)CCCCC3)C(=O)OC)cc2)c(OC)c1. The zero-order valence-electron chi connectivity index (χ0n) is 24.1. The Morgan fingerprint density at radius 1 is 0.949 bits per heavy atom. The molecular formula is C31H42N2O6. The van der Waals surface area contributed by atoms with Crippen LogP contribution in [0.2, 0.25) is 0 Å². The van der Waals surface area contributed by atoms with Crippen LogP contribution in [0, 0.1) is 5.41 Å². The second kappa shape index (κ2) is 14.0. The molecule has 0 aliphatic heterocycles. The first-order chi connectivity index (χ1) is 18.8. The van der Waals surface area contributed by atoms with E-state index in [0.717, 1.165) is 78.7 Å². The molecule has 1 saturated carbocycles. The van der Waals surface area contributed by atoms with Crippen LogP contribution in [0.1, 0.15) is 63.5 Å². The first kappa shape index (κ1) is 30.0. The summed E-state index contributed by atoms with van der Waals surface area (Å²) in [6, 6.07) is 11.0. The van der Waals surface area contributed by atoms with Crippen LogP contribution in [0.3, 0.4) is 0 Å². The van der Waals surface area contributed by atoms with E-state index in [4.69, 9.17) is 19.0 Å². The topological polar surface area (TPSA) is 95.5 Å². The summed E-state index contributed by atoms with van der Waals surface area (Å²) in [7, 11) is 6.06. The third kappa shape index (κ3) is 7.31. The van der Waals surface area contributed by atoms with Gasteiger partial charge in [-0.05, 0) is 48.1 Å². The maximum absolute atomic E-state index is 13.4. The van der Waals surface area contributed by atoms with E-state index in [-0.39, 0.29) is 6.42 Å². The summed E-state index contributed by atoms with van der Waals surface area (Å²) in [6.45, 7) is 4.17. The lowest BCUT2D eigenvalue weighted by Gasteiger charge is -2.33. The van der Waals surface area contributed by atoms with E-state index in [1.807, 2.05) is 43.3 Å². The predicted octanol–water partition coefficient (Wildman–Crippen LogP) is 5.50. The third-order valence-corrected chi connectivity index (χ3v) is 7.50. The Bertz CT molecular complexity index is 1130. The van der Waals surface area contributed by atoms with Gasteiger partial charge in [0.2, 0.25) is 0 Å². The number of hydrogen-bond donors (Lipinski definition) is 1. The van der Waals surface area contributed by atoms with Gasteiger partial charge in [0.05, 0.1) is 26.9 Å². The summed E-state index contributed by atoms with van der Waals surface area (Å²) in [5, 5.41) is 6.95. The Hall–Kier alpha value is -3.55. The van der Waals surface area contributed by atoms with Gasteiger partial charge in [0.15, 0.2) is 5.71 Å². The number of ether oxygens (including phenoxy) is 3. The fourth-order valence-corrected chi connectivity index (χ4v) is 5.37. The van der Waals surface area contributed by atoms with Gasteiger partial charge in [-0.15, -0.1) is 0 Å². The average Bonchev–Trinajstić information content (AvgIpc) is 2.95. The number of carbonyl (C=O) groups is 2. The second-order valence-electron chi connectivity index (χ2n) is 10.3. The fourth-order valence-electron chi connectivity index (χ4n) is 5.37. The molecule has 1 aliphatic carbocycles. The molecule has 1 amide bonds. The van der Waals surface area contributed by atoms with Gasteiger partial charge in [0.1, 0.15) is 24.7 Å². The number of aryl methyl sites for hydroxylation is 1. The molecule has 8 nitrogen and oxygen atoms in total. The molecule has 1 atom stereocenters. The van der Waals surface area contributed by atoms with Crippen molar-refractivity contribution < 1.29 is 28.6 Å². The van der Waals surface area contributed by atoms with Gasteiger partial charge in [-0.2, -0.15) is 0 Å². The lowest BCUT2D eigenvalue weighted by atomic mass is 9.72. The molecule has 212 valence electrons. The van der Waals surface area contributed by atoms with Gasteiger partial charge < -0.3 is 24.4 Å². The van der Waals surface area contributed by atoms with E-state index in [1.54, 1.807) is 14.2 Å². The van der Waals surface area contributed by atoms with E-state index in [2.05, 4.69) is 17.4 Å². The number of benzene rings is 2. The Balaban J connectivity index is 1.84. The summed E-state index contributed by atoms with van der Waals surface area (Å²) in [5.41, 5.74) is 3.73. The van der Waals surface area contributed by atoms with Crippen molar-refractivity contribution in [1.29, 1.82) is 0 Å². The highest BCUT2D eigenvalue weighted by Gasteiger charge is 2.38. The molecule has 2 aromatic carbocycles. The maximum Gasteiger partial charge on any atom is 0.328 e. The van der Waals surface area contributed by atoms with Crippen molar-refractivity contribution in [2.24, 2.45) is 10.6 Å². The lowest BCUT2D eigenvalue weighted by Crippen LogP contribution is -2.50. The van der Waals surface area contributed by atoms with Gasteiger partial charge in [-0.1, -0.05) is 69.0 Å². The number of oxime groups is 1. The first-order valence-electron chi connectivity index (χ1n) is 13.6. The Kier molecular flexibility index (Phi) is 10.8. The third-order valence-electron chi connectivity index (χ3n) is 7.50. The predicted molar refractivity (Wildman–Crippen MR) is 152 cm³/mol. The molecule has 1 N–H and O–H groups in total. The van der Waals surface area contributed by atoms with Crippen LogP contribution in [0.25, 0.3) is 11.1 Å². The molecular weight excluding hydrogens is 496 g/mol. The molecule has 0 unspecified atom stereocenters. The summed E-state index contributed by atoms with van der Waals surface area (Å²) in [5.74, 6) is 0.556. The van der Waals surface area contributed by atoms with Crippen molar-refractivity contribution in [3.8, 4) is 22.6 Å². The van der Waals surface area contributed by atoms with Gasteiger partial charge in [0.25, 0.3) is 5.91 Å². The molecule has 2 aromatic rings. The Labute approximate surface area is 232 Å². The minimum absolute atomic E-state index is 0.263. The summed E-state index contributed by atoms with van der Waals surface area (Å²) in [6.07, 6.45) is 7.10. The second-order valence-corrected chi connectivity index (χ2v) is 10.3. The van der Waals surface area contributed by atoms with Crippen molar-refractivity contribution in [1.82, 2.24) is 5.32 Å². The lowest BCUT2D eigenvalue weighted by molar-refractivity contribution is -0.144. The van der Waals surface area contributed by atoms with E-state index in [9.17, 15) is 9.59 Å². The zero-order valence-corrected chi connectivity index (χ0v) is 24.1. The summed E-state index contributed by atoms with van der Waals surface area (Å²) >= 11 is 0. The number of carbonyl (C=O) groups excluding carboxylic acids is 2. The molecule has 0 bridgehead atoms. The minimum atomic E-state index is -0.875. The molecule has 0 heterocycles. The normalized spacial score (nSPS) is 15.7. The molecule has 0 radical (unpaired) electrons. The van der Waals surface area contributed by atoms with Crippen molar-refractivity contribution in [3.05, 3.63) is 47.5 Å². The molecule has 1 fully saturated rings. The molecule has 1 aliphatic rings. The number of hydrogen-bond acceptors (Lipinski definition) is 7. The largest absolute Gasteiger partial charge is 0.496 e. The van der Waals surface area contributed by atoms with Gasteiger partial charge >= 0.3 is 5.97 Å². The van der Waals surface area contributed by atoms with Crippen LogP contribution in [0.15, 0.2) is 41.6 Å².